The molecule has 2 nitrogen and oxygen atoms in total. The van der Waals surface area contributed by atoms with Gasteiger partial charge in [-0.1, -0.05) is 0 Å². The van der Waals surface area contributed by atoms with E-state index in [-0.39, 0.29) is 23.1 Å². The number of carbonyl (C=O) groups excluding carboxylic acids is 1. The van der Waals surface area contributed by atoms with Crippen LogP contribution in [0.1, 0.15) is 6.92 Å². The van der Waals surface area contributed by atoms with Crippen LogP contribution < -0.4 is 6.15 Å². The molecule has 0 unspecified atom stereocenters. The quantitative estimate of drug-likeness (QED) is 0.511. The zero-order chi connectivity index (χ0) is 2.71. The van der Waals surface area contributed by atoms with Crippen molar-refractivity contribution in [1.82, 2.24) is 6.15 Å². The molecule has 0 saturated heterocycles. The fourth-order valence-corrected chi connectivity index (χ4v) is 0. The lowest BCUT2D eigenvalue weighted by Crippen LogP contribution is -1.36. The molecule has 0 aromatic rings. The van der Waals surface area contributed by atoms with Gasteiger partial charge in [-0.05, 0) is 6.92 Å². The van der Waals surface area contributed by atoms with Gasteiger partial charge in [0.2, 0.25) is 0 Å². The molecule has 0 spiro atoms. The van der Waals surface area contributed by atoms with Crippen LogP contribution in [-0.2, 0) is 4.79 Å². The molecule has 3 N–H and O–H groups in total. The highest BCUT2D eigenvalue weighted by Gasteiger charge is 1.24. The molecule has 0 atom stereocenters. The summed E-state index contributed by atoms with van der Waals surface area (Å²) in [7, 11) is 0. The summed E-state index contributed by atoms with van der Waals surface area (Å²) in [5.74, 6) is 0. The van der Waals surface area contributed by atoms with Crippen molar-refractivity contribution in [2.45, 2.75) is 6.92 Å². The number of halogens is 1. The van der Waals surface area contributed by atoms with Crippen LogP contribution in [-0.4, -0.2) is 6.29 Å². The van der Waals surface area contributed by atoms with E-state index in [1.807, 2.05) is 0 Å². The van der Waals surface area contributed by atoms with Gasteiger partial charge in [-0.25, -0.2) is 0 Å². The van der Waals surface area contributed by atoms with E-state index in [4.69, 9.17) is 4.79 Å². The second-order valence-corrected chi connectivity index (χ2v) is 0.236. The average Bonchev–Trinajstić information content (AvgIpc) is 0.918. The van der Waals surface area contributed by atoms with Gasteiger partial charge in [-0.3, -0.25) is 0 Å². The molecule has 0 aliphatic rings. The predicted molar refractivity (Wildman–Crippen MR) is 27.1 cm³/mol. The van der Waals surface area contributed by atoms with Crippen LogP contribution in [0.25, 0.3) is 0 Å². The highest BCUT2D eigenvalue weighted by atomic mass is 79.9. The largest absolute Gasteiger partial charge is 0.344 e. The Morgan fingerprint density at radius 2 is 1.60 bits per heavy atom. The summed E-state index contributed by atoms with van der Waals surface area (Å²) in [5.41, 5.74) is 0. The van der Waals surface area contributed by atoms with E-state index in [2.05, 4.69) is 0 Å². The maximum Gasteiger partial charge on any atom is 0.116 e. The Balaban J connectivity index is -0.0000000200. The minimum atomic E-state index is 0. The van der Waals surface area contributed by atoms with Crippen LogP contribution in [0.15, 0.2) is 0 Å². The van der Waals surface area contributed by atoms with Crippen molar-refractivity contribution in [1.29, 1.82) is 0 Å². The van der Waals surface area contributed by atoms with Gasteiger partial charge in [-0.15, -0.1) is 17.0 Å². The fraction of sp³-hybridized carbons (Fsp3) is 0.500. The van der Waals surface area contributed by atoms with Gasteiger partial charge in [0, 0.05) is 0 Å². The topological polar surface area (TPSA) is 52.1 Å². The van der Waals surface area contributed by atoms with E-state index in [0.29, 0.717) is 0 Å². The second-order valence-electron chi connectivity index (χ2n) is 0.236. The van der Waals surface area contributed by atoms with Crippen LogP contribution in [0, 0.1) is 0 Å². The summed E-state index contributed by atoms with van der Waals surface area (Å²) in [6.07, 6.45) is 0.750. The van der Waals surface area contributed by atoms with Gasteiger partial charge in [0.15, 0.2) is 0 Å². The Hall–Kier alpha value is 0.110. The smallest absolute Gasteiger partial charge is 0.116 e. The molecule has 5 heavy (non-hydrogen) atoms. The van der Waals surface area contributed by atoms with E-state index < -0.39 is 0 Å². The first-order valence-corrected chi connectivity index (χ1v) is 0.813. The second kappa shape index (κ2) is 32.3. The fourth-order valence-electron chi connectivity index (χ4n) is 0. The molecule has 34 valence electrons. The molecule has 0 aliphatic heterocycles. The summed E-state index contributed by atoms with van der Waals surface area (Å²) < 4.78 is 0. The van der Waals surface area contributed by atoms with E-state index in [1.54, 1.807) is 0 Å². The van der Waals surface area contributed by atoms with Gasteiger partial charge in [0.1, 0.15) is 6.29 Å². The van der Waals surface area contributed by atoms with Crippen LogP contribution in [0.4, 0.5) is 0 Å². The Morgan fingerprint density at radius 1 is 1.60 bits per heavy atom. The van der Waals surface area contributed by atoms with E-state index in [9.17, 15) is 0 Å². The third kappa shape index (κ3) is 1510. The van der Waals surface area contributed by atoms with Crippen LogP contribution >= 0.6 is 17.0 Å². The number of hydrogen-bond donors (Lipinski definition) is 1. The molecule has 3 heteroatoms. The zero-order valence-electron chi connectivity index (χ0n) is 3.10. The van der Waals surface area contributed by atoms with Crippen molar-refractivity contribution < 1.29 is 4.79 Å². The van der Waals surface area contributed by atoms with Crippen molar-refractivity contribution in [3.63, 3.8) is 0 Å². The Labute approximate surface area is 41.9 Å². The van der Waals surface area contributed by atoms with Crippen molar-refractivity contribution in [2.75, 3.05) is 0 Å². The summed E-state index contributed by atoms with van der Waals surface area (Å²) >= 11 is 0. The van der Waals surface area contributed by atoms with Crippen LogP contribution in [0.2, 0.25) is 0 Å². The number of carbonyl (C=O) groups is 1. The molecular formula is C2H8BrNO. The van der Waals surface area contributed by atoms with Crippen LogP contribution in [0.5, 0.6) is 0 Å². The minimum absolute atomic E-state index is 0. The number of rotatable bonds is 0. The van der Waals surface area contributed by atoms with Gasteiger partial charge >= 0.3 is 0 Å². The van der Waals surface area contributed by atoms with Crippen LogP contribution in [0.3, 0.4) is 0 Å². The van der Waals surface area contributed by atoms with Gasteiger partial charge < -0.3 is 10.9 Å². The number of aldehydes is 1. The molecule has 0 saturated carbocycles. The summed E-state index contributed by atoms with van der Waals surface area (Å²) in [5, 5.41) is 0. The molecule has 0 aromatic carbocycles. The lowest BCUT2D eigenvalue weighted by Gasteiger charge is -1.23. The maximum absolute atomic E-state index is 8.81. The predicted octanol–water partition coefficient (Wildman–Crippen LogP) is 0.945. The van der Waals surface area contributed by atoms with E-state index in [1.165, 1.54) is 6.92 Å². The van der Waals surface area contributed by atoms with Crippen molar-refractivity contribution in [3.05, 3.63) is 0 Å². The lowest BCUT2D eigenvalue weighted by atomic mass is 11.0. The molecule has 0 aliphatic carbocycles. The summed E-state index contributed by atoms with van der Waals surface area (Å²) in [6, 6.07) is 0. The molecular weight excluding hydrogens is 134 g/mol. The van der Waals surface area contributed by atoms with E-state index >= 15 is 0 Å². The Morgan fingerprint density at radius 3 is 1.60 bits per heavy atom. The first-order chi connectivity index (χ1) is 1.41. The molecule has 0 bridgehead atoms. The zero-order valence-corrected chi connectivity index (χ0v) is 4.81. The Bertz CT molecular complexity index is 17.1. The highest BCUT2D eigenvalue weighted by Crippen LogP contribution is 1.13. The standard InChI is InChI=1S/C2H4O.BrH.H3N/c1-2-3;;/h2H,1H3;1H;1H3. The van der Waals surface area contributed by atoms with Crippen molar-refractivity contribution in [2.24, 2.45) is 0 Å². The maximum atomic E-state index is 8.81. The third-order valence-corrected chi connectivity index (χ3v) is 0. The molecule has 0 heterocycles. The van der Waals surface area contributed by atoms with Crippen molar-refractivity contribution in [3.8, 4) is 0 Å². The molecule has 0 amide bonds. The SMILES string of the molecule is Br.CC=O.N. The highest BCUT2D eigenvalue weighted by molar-refractivity contribution is 8.93. The molecule has 0 aromatic heterocycles. The Kier molecular flexibility index (Phi) is 125. The number of hydrogen-bond acceptors (Lipinski definition) is 2. The van der Waals surface area contributed by atoms with Gasteiger partial charge in [-0.2, -0.15) is 0 Å². The molecule has 0 fully saturated rings. The minimum Gasteiger partial charge on any atom is -0.344 e. The molecule has 0 radical (unpaired) electrons. The van der Waals surface area contributed by atoms with Gasteiger partial charge in [0.25, 0.3) is 0 Å². The normalized spacial score (nSPS) is 2.60. The summed E-state index contributed by atoms with van der Waals surface area (Å²) in [4.78, 5) is 8.81. The lowest BCUT2D eigenvalue weighted by molar-refractivity contribution is -0.106. The first-order valence-electron chi connectivity index (χ1n) is 0.813. The average molecular weight is 142 g/mol. The van der Waals surface area contributed by atoms with Gasteiger partial charge in [0.05, 0.1) is 0 Å². The monoisotopic (exact) mass is 141 g/mol. The van der Waals surface area contributed by atoms with E-state index in [0.717, 1.165) is 6.29 Å². The summed E-state index contributed by atoms with van der Waals surface area (Å²) in [6.45, 7) is 1.44. The molecule has 0 rings (SSSR count). The van der Waals surface area contributed by atoms with Crippen molar-refractivity contribution >= 4 is 23.3 Å². The third-order valence-electron chi connectivity index (χ3n) is 0. The first kappa shape index (κ1) is 19.4.